The van der Waals surface area contributed by atoms with Crippen LogP contribution in [0.3, 0.4) is 0 Å². The van der Waals surface area contributed by atoms with Crippen LogP contribution in [-0.2, 0) is 12.3 Å². The lowest BCUT2D eigenvalue weighted by atomic mass is 10.1. The van der Waals surface area contributed by atoms with E-state index >= 15 is 0 Å². The molecule has 21 heavy (non-hydrogen) atoms. The summed E-state index contributed by atoms with van der Waals surface area (Å²) in [6.45, 7) is 0.392. The molecule has 3 rings (SSSR count). The lowest BCUT2D eigenvalue weighted by Gasteiger charge is -2.15. The number of halogens is 3. The summed E-state index contributed by atoms with van der Waals surface area (Å²) in [7, 11) is 0. The Kier molecular flexibility index (Phi) is 4.36. The normalized spacial score (nSPS) is 16.4. The third-order valence-electron chi connectivity index (χ3n) is 3.37. The van der Waals surface area contributed by atoms with Crippen molar-refractivity contribution in [2.45, 2.75) is 18.4 Å². The van der Waals surface area contributed by atoms with Gasteiger partial charge in [0.1, 0.15) is 30.0 Å². The second kappa shape index (κ2) is 6.24. The molecule has 1 aliphatic rings. The van der Waals surface area contributed by atoms with E-state index in [4.69, 9.17) is 21.1 Å². The van der Waals surface area contributed by atoms with E-state index in [9.17, 15) is 4.39 Å². The molecule has 1 atom stereocenters. The first-order chi connectivity index (χ1) is 10.2. The highest BCUT2D eigenvalue weighted by atomic mass is 79.9. The first-order valence-corrected chi connectivity index (χ1v) is 7.91. The zero-order valence-electron chi connectivity index (χ0n) is 11.1. The number of fused-ring (bicyclic) bond motifs is 1. The van der Waals surface area contributed by atoms with Gasteiger partial charge < -0.3 is 9.47 Å². The average Bonchev–Trinajstić information content (AvgIpc) is 2.87. The Balaban J connectivity index is 1.68. The minimum Gasteiger partial charge on any atom is -0.488 e. The number of alkyl halides is 1. The average molecular weight is 372 g/mol. The molecule has 0 saturated heterocycles. The first kappa shape index (κ1) is 14.7. The molecule has 0 saturated carbocycles. The van der Waals surface area contributed by atoms with Gasteiger partial charge in [-0.1, -0.05) is 12.1 Å². The zero-order chi connectivity index (χ0) is 14.8. The molecule has 0 N–H and O–H groups in total. The van der Waals surface area contributed by atoms with Gasteiger partial charge in [-0.2, -0.15) is 0 Å². The van der Waals surface area contributed by atoms with Crippen molar-refractivity contribution in [1.29, 1.82) is 0 Å². The molecule has 0 bridgehead atoms. The molecular formula is C16H13BrClFO2. The Morgan fingerprint density at radius 1 is 1.33 bits per heavy atom. The Morgan fingerprint density at radius 3 is 3.00 bits per heavy atom. The molecule has 0 aromatic heterocycles. The molecule has 2 nitrogen and oxygen atoms in total. The van der Waals surface area contributed by atoms with Crippen LogP contribution < -0.4 is 9.47 Å². The van der Waals surface area contributed by atoms with Crippen molar-refractivity contribution in [1.82, 2.24) is 0 Å². The van der Waals surface area contributed by atoms with Gasteiger partial charge in [0.05, 0.1) is 10.4 Å². The van der Waals surface area contributed by atoms with Crippen LogP contribution in [0.2, 0.25) is 0 Å². The molecular weight excluding hydrogens is 359 g/mol. The number of benzene rings is 2. The second-order valence-electron chi connectivity index (χ2n) is 4.87. The molecule has 0 spiro atoms. The van der Waals surface area contributed by atoms with Gasteiger partial charge in [0.25, 0.3) is 0 Å². The monoisotopic (exact) mass is 370 g/mol. The Morgan fingerprint density at radius 2 is 2.19 bits per heavy atom. The van der Waals surface area contributed by atoms with Gasteiger partial charge in [-0.15, -0.1) is 11.6 Å². The van der Waals surface area contributed by atoms with Crippen LogP contribution in [0.15, 0.2) is 40.9 Å². The maximum atomic E-state index is 13.2. The molecule has 110 valence electrons. The predicted molar refractivity (Wildman–Crippen MR) is 83.7 cm³/mol. The van der Waals surface area contributed by atoms with Crippen LogP contribution in [0.4, 0.5) is 4.39 Å². The highest BCUT2D eigenvalue weighted by Gasteiger charge is 2.24. The quantitative estimate of drug-likeness (QED) is 0.725. The van der Waals surface area contributed by atoms with Crippen LogP contribution in [0.25, 0.3) is 0 Å². The van der Waals surface area contributed by atoms with Gasteiger partial charge in [0, 0.05) is 17.5 Å². The topological polar surface area (TPSA) is 18.5 Å². The Labute approximate surface area is 136 Å². The molecule has 1 aliphatic heterocycles. The number of hydrogen-bond donors (Lipinski definition) is 0. The summed E-state index contributed by atoms with van der Waals surface area (Å²) in [4.78, 5) is 0. The van der Waals surface area contributed by atoms with Gasteiger partial charge in [0.2, 0.25) is 0 Å². The molecule has 1 heterocycles. The Hall–Kier alpha value is -1.26. The minimum atomic E-state index is -0.242. The Bertz CT molecular complexity index is 663. The van der Waals surface area contributed by atoms with E-state index in [0.29, 0.717) is 18.9 Å². The zero-order valence-corrected chi connectivity index (χ0v) is 13.5. The van der Waals surface area contributed by atoms with E-state index in [1.165, 1.54) is 12.1 Å². The smallest absolute Gasteiger partial charge is 0.138 e. The van der Waals surface area contributed by atoms with E-state index in [1.807, 2.05) is 18.2 Å². The van der Waals surface area contributed by atoms with E-state index in [1.54, 1.807) is 6.07 Å². The standard InChI is InChI=1S/C16H13BrClFO2/c17-14-3-1-2-10(8-18)16(14)20-9-13-7-11-6-12(19)4-5-15(11)21-13/h1-6,13H,7-9H2. The molecule has 5 heteroatoms. The van der Waals surface area contributed by atoms with E-state index < -0.39 is 0 Å². The first-order valence-electron chi connectivity index (χ1n) is 6.58. The van der Waals surface area contributed by atoms with Gasteiger partial charge >= 0.3 is 0 Å². The summed E-state index contributed by atoms with van der Waals surface area (Å²) in [5.74, 6) is 1.60. The summed E-state index contributed by atoms with van der Waals surface area (Å²) >= 11 is 9.38. The van der Waals surface area contributed by atoms with Gasteiger partial charge in [-0.3, -0.25) is 0 Å². The number of ether oxygens (including phenoxy) is 2. The lowest BCUT2D eigenvalue weighted by molar-refractivity contribution is 0.147. The summed E-state index contributed by atoms with van der Waals surface area (Å²) in [5.41, 5.74) is 1.81. The molecule has 0 fully saturated rings. The minimum absolute atomic E-state index is 0.114. The number of hydrogen-bond acceptors (Lipinski definition) is 2. The number of para-hydroxylation sites is 1. The van der Waals surface area contributed by atoms with Crippen molar-refractivity contribution in [3.8, 4) is 11.5 Å². The third-order valence-corrected chi connectivity index (χ3v) is 4.28. The molecule has 1 unspecified atom stereocenters. The summed E-state index contributed by atoms with van der Waals surface area (Å²) in [6.07, 6.45) is 0.533. The van der Waals surface area contributed by atoms with Crippen molar-refractivity contribution in [3.63, 3.8) is 0 Å². The maximum Gasteiger partial charge on any atom is 0.138 e. The van der Waals surface area contributed by atoms with E-state index in [0.717, 1.165) is 27.1 Å². The van der Waals surface area contributed by atoms with E-state index in [2.05, 4.69) is 15.9 Å². The fourth-order valence-electron chi connectivity index (χ4n) is 2.38. The molecule has 2 aromatic carbocycles. The highest BCUT2D eigenvalue weighted by Crippen LogP contribution is 2.33. The van der Waals surface area contributed by atoms with Gasteiger partial charge in [-0.25, -0.2) is 4.39 Å². The maximum absolute atomic E-state index is 13.2. The van der Waals surface area contributed by atoms with E-state index in [-0.39, 0.29) is 11.9 Å². The summed E-state index contributed by atoms with van der Waals surface area (Å²) < 4.78 is 25.7. The number of rotatable bonds is 4. The third kappa shape index (κ3) is 3.16. The van der Waals surface area contributed by atoms with Crippen molar-refractivity contribution in [2.75, 3.05) is 6.61 Å². The highest BCUT2D eigenvalue weighted by molar-refractivity contribution is 9.10. The van der Waals surface area contributed by atoms with Crippen molar-refractivity contribution in [3.05, 3.63) is 57.8 Å². The predicted octanol–water partition coefficient (Wildman–Crippen LogP) is 4.71. The summed E-state index contributed by atoms with van der Waals surface area (Å²) in [6, 6.07) is 10.3. The van der Waals surface area contributed by atoms with Crippen molar-refractivity contribution < 1.29 is 13.9 Å². The van der Waals surface area contributed by atoms with Crippen LogP contribution >= 0.6 is 27.5 Å². The van der Waals surface area contributed by atoms with Gasteiger partial charge in [-0.05, 0) is 40.2 Å². The fraction of sp³-hybridized carbons (Fsp3) is 0.250. The van der Waals surface area contributed by atoms with Crippen LogP contribution in [-0.4, -0.2) is 12.7 Å². The summed E-state index contributed by atoms with van der Waals surface area (Å²) in [5, 5.41) is 0. The van der Waals surface area contributed by atoms with Crippen molar-refractivity contribution in [2.24, 2.45) is 0 Å². The van der Waals surface area contributed by atoms with Crippen LogP contribution in [0.5, 0.6) is 11.5 Å². The molecule has 0 amide bonds. The SMILES string of the molecule is Fc1ccc2c(c1)CC(COc1c(Br)cccc1CCl)O2. The second-order valence-corrected chi connectivity index (χ2v) is 5.99. The van der Waals surface area contributed by atoms with Gasteiger partial charge in [0.15, 0.2) is 0 Å². The van der Waals surface area contributed by atoms with Crippen molar-refractivity contribution >= 4 is 27.5 Å². The largest absolute Gasteiger partial charge is 0.488 e. The van der Waals surface area contributed by atoms with Crippen LogP contribution in [0.1, 0.15) is 11.1 Å². The molecule has 2 aromatic rings. The fourth-order valence-corrected chi connectivity index (χ4v) is 3.11. The van der Waals surface area contributed by atoms with Crippen LogP contribution in [0, 0.1) is 5.82 Å². The molecule has 0 radical (unpaired) electrons. The lowest BCUT2D eigenvalue weighted by Crippen LogP contribution is -2.22. The molecule has 0 aliphatic carbocycles.